The van der Waals surface area contributed by atoms with Gasteiger partial charge < -0.3 is 5.32 Å². The summed E-state index contributed by atoms with van der Waals surface area (Å²) in [5.41, 5.74) is 1.15. The fraction of sp³-hybridized carbons (Fsp3) is 0.400. The van der Waals surface area contributed by atoms with Gasteiger partial charge in [0, 0.05) is 0 Å². The Hall–Kier alpha value is -0.820. The number of quaternary nitrogens is 1. The van der Waals surface area contributed by atoms with Crippen molar-refractivity contribution in [3.05, 3.63) is 37.0 Å². The lowest BCUT2D eigenvalue weighted by molar-refractivity contribution is -0.647. The van der Waals surface area contributed by atoms with Crippen LogP contribution in [-0.2, 0) is 0 Å². The van der Waals surface area contributed by atoms with E-state index in [1.165, 1.54) is 13.0 Å². The first kappa shape index (κ1) is 10.2. The molecule has 0 radical (unpaired) electrons. The van der Waals surface area contributed by atoms with Crippen LogP contribution in [0.2, 0.25) is 0 Å². The van der Waals surface area contributed by atoms with E-state index in [4.69, 9.17) is 0 Å². The predicted octanol–water partition coefficient (Wildman–Crippen LogP) is 1.26. The quantitative estimate of drug-likeness (QED) is 0.436. The van der Waals surface area contributed by atoms with E-state index in [0.717, 1.165) is 12.1 Å². The van der Waals surface area contributed by atoms with Crippen molar-refractivity contribution in [2.45, 2.75) is 13.3 Å². The van der Waals surface area contributed by atoms with Crippen LogP contribution in [0.5, 0.6) is 0 Å². The van der Waals surface area contributed by atoms with Crippen molar-refractivity contribution in [3.8, 4) is 0 Å². The summed E-state index contributed by atoms with van der Waals surface area (Å²) in [7, 11) is 0. The molecular formula is C10H18N+. The van der Waals surface area contributed by atoms with Crippen LogP contribution in [0, 0.1) is 0 Å². The molecular weight excluding hydrogens is 134 g/mol. The van der Waals surface area contributed by atoms with Crippen LogP contribution >= 0.6 is 0 Å². The molecule has 0 aromatic carbocycles. The number of hydrogen-bond acceptors (Lipinski definition) is 0. The third-order valence-corrected chi connectivity index (χ3v) is 1.37. The lowest BCUT2D eigenvalue weighted by Crippen LogP contribution is -2.84. The molecule has 11 heavy (non-hydrogen) atoms. The van der Waals surface area contributed by atoms with Gasteiger partial charge in [0.15, 0.2) is 0 Å². The maximum atomic E-state index is 3.90. The van der Waals surface area contributed by atoms with E-state index in [9.17, 15) is 0 Å². The number of nitrogens with two attached hydrogens (primary N) is 1. The van der Waals surface area contributed by atoms with Crippen molar-refractivity contribution in [2.75, 3.05) is 13.1 Å². The summed E-state index contributed by atoms with van der Waals surface area (Å²) in [6, 6.07) is 0. The summed E-state index contributed by atoms with van der Waals surface area (Å²) in [4.78, 5) is 0. The summed E-state index contributed by atoms with van der Waals surface area (Å²) in [5, 5.41) is 2.26. The van der Waals surface area contributed by atoms with Gasteiger partial charge in [-0.1, -0.05) is 38.3 Å². The predicted molar refractivity (Wildman–Crippen MR) is 50.4 cm³/mol. The molecule has 0 saturated carbocycles. The molecule has 0 aromatic heterocycles. The van der Waals surface area contributed by atoms with Crippen molar-refractivity contribution in [2.24, 2.45) is 0 Å². The van der Waals surface area contributed by atoms with E-state index in [-0.39, 0.29) is 0 Å². The Morgan fingerprint density at radius 3 is 2.82 bits per heavy atom. The molecule has 0 spiro atoms. The first-order chi connectivity index (χ1) is 5.31. The summed E-state index contributed by atoms with van der Waals surface area (Å²) in [6.45, 7) is 11.8. The van der Waals surface area contributed by atoms with Crippen molar-refractivity contribution >= 4 is 0 Å². The second kappa shape index (κ2) is 7.29. The highest BCUT2D eigenvalue weighted by molar-refractivity contribution is 5.17. The Balaban J connectivity index is 3.37. The van der Waals surface area contributed by atoms with Gasteiger partial charge in [-0.3, -0.25) is 0 Å². The average Bonchev–Trinajstić information content (AvgIpc) is 2.01. The molecule has 0 aliphatic rings. The third kappa shape index (κ3) is 7.07. The van der Waals surface area contributed by atoms with Crippen LogP contribution < -0.4 is 5.32 Å². The minimum atomic E-state index is 0.998. The van der Waals surface area contributed by atoms with Crippen LogP contribution in [0.15, 0.2) is 37.0 Å². The first-order valence-electron chi connectivity index (χ1n) is 4.09. The molecule has 1 nitrogen and oxygen atoms in total. The molecule has 0 amide bonds. The Labute approximate surface area is 69.5 Å². The van der Waals surface area contributed by atoms with Crippen molar-refractivity contribution < 1.29 is 5.32 Å². The van der Waals surface area contributed by atoms with Gasteiger partial charge in [0.2, 0.25) is 0 Å². The number of hydrogen-bond donors (Lipinski definition) is 1. The summed E-state index contributed by atoms with van der Waals surface area (Å²) < 4.78 is 0. The molecule has 0 aromatic rings. The van der Waals surface area contributed by atoms with E-state index < -0.39 is 0 Å². The van der Waals surface area contributed by atoms with E-state index in [1.54, 1.807) is 6.08 Å². The molecule has 1 heteroatoms. The largest absolute Gasteiger partial charge is 0.343 e. The van der Waals surface area contributed by atoms with E-state index in [2.05, 4.69) is 25.4 Å². The monoisotopic (exact) mass is 152 g/mol. The highest BCUT2D eigenvalue weighted by atomic mass is 14.8. The molecule has 2 N–H and O–H groups in total. The van der Waals surface area contributed by atoms with Crippen molar-refractivity contribution in [3.63, 3.8) is 0 Å². The lowest BCUT2D eigenvalue weighted by atomic mass is 10.2. The first-order valence-corrected chi connectivity index (χ1v) is 4.09. The Morgan fingerprint density at radius 2 is 2.27 bits per heavy atom. The van der Waals surface area contributed by atoms with Gasteiger partial charge in [0.25, 0.3) is 0 Å². The highest BCUT2D eigenvalue weighted by Crippen LogP contribution is 1.86. The summed E-state index contributed by atoms with van der Waals surface area (Å²) >= 11 is 0. The number of allylic oxidation sites excluding steroid dienone is 2. The van der Waals surface area contributed by atoms with Crippen LogP contribution in [0.1, 0.15) is 13.3 Å². The third-order valence-electron chi connectivity index (χ3n) is 1.37. The maximum absolute atomic E-state index is 3.90. The van der Waals surface area contributed by atoms with Gasteiger partial charge in [-0.2, -0.15) is 0 Å². The lowest BCUT2D eigenvalue weighted by Gasteiger charge is -1.97. The molecule has 0 saturated heterocycles. The van der Waals surface area contributed by atoms with Crippen LogP contribution in [0.4, 0.5) is 0 Å². The Morgan fingerprint density at radius 1 is 1.55 bits per heavy atom. The van der Waals surface area contributed by atoms with E-state index in [0.29, 0.717) is 0 Å². The SMILES string of the molecule is C=C/C=C\C(=C)C[NH2+]CCC. The van der Waals surface area contributed by atoms with Gasteiger partial charge in [-0.05, 0) is 12.0 Å². The summed E-state index contributed by atoms with van der Waals surface area (Å²) in [6.07, 6.45) is 6.91. The summed E-state index contributed by atoms with van der Waals surface area (Å²) in [5.74, 6) is 0. The van der Waals surface area contributed by atoms with Gasteiger partial charge in [0.1, 0.15) is 6.54 Å². The second-order valence-corrected chi connectivity index (χ2v) is 2.53. The smallest absolute Gasteiger partial charge is 0.101 e. The molecule has 0 aliphatic heterocycles. The molecule has 0 fully saturated rings. The molecule has 0 atom stereocenters. The molecule has 0 bridgehead atoms. The van der Waals surface area contributed by atoms with Gasteiger partial charge >= 0.3 is 0 Å². The van der Waals surface area contributed by atoms with Crippen molar-refractivity contribution in [1.82, 2.24) is 0 Å². The van der Waals surface area contributed by atoms with Gasteiger partial charge in [-0.15, -0.1) is 0 Å². The van der Waals surface area contributed by atoms with Crippen LogP contribution in [-0.4, -0.2) is 13.1 Å². The highest BCUT2D eigenvalue weighted by Gasteiger charge is 1.89. The molecule has 62 valence electrons. The zero-order chi connectivity index (χ0) is 8.53. The Kier molecular flexibility index (Phi) is 6.75. The van der Waals surface area contributed by atoms with Crippen LogP contribution in [0.3, 0.4) is 0 Å². The molecule has 0 aliphatic carbocycles. The average molecular weight is 152 g/mol. The normalized spacial score (nSPS) is 10.3. The van der Waals surface area contributed by atoms with Gasteiger partial charge in [-0.25, -0.2) is 0 Å². The molecule has 0 unspecified atom stereocenters. The van der Waals surface area contributed by atoms with Gasteiger partial charge in [0.05, 0.1) is 6.54 Å². The Bertz CT molecular complexity index is 145. The van der Waals surface area contributed by atoms with E-state index >= 15 is 0 Å². The van der Waals surface area contributed by atoms with Crippen LogP contribution in [0.25, 0.3) is 0 Å². The topological polar surface area (TPSA) is 16.6 Å². The fourth-order valence-corrected chi connectivity index (χ4v) is 0.764. The second-order valence-electron chi connectivity index (χ2n) is 2.53. The standard InChI is InChI=1S/C10H17N/c1-4-6-7-10(3)9-11-8-5-2/h4,6-7,11H,1,3,5,8-9H2,2H3/p+1/b7-6-. The number of rotatable bonds is 6. The minimum Gasteiger partial charge on any atom is -0.343 e. The van der Waals surface area contributed by atoms with Crippen molar-refractivity contribution in [1.29, 1.82) is 0 Å². The zero-order valence-electron chi connectivity index (χ0n) is 7.34. The molecule has 0 heterocycles. The molecule has 0 rings (SSSR count). The van der Waals surface area contributed by atoms with E-state index in [1.807, 2.05) is 12.2 Å². The minimum absolute atomic E-state index is 0.998. The fourth-order valence-electron chi connectivity index (χ4n) is 0.764. The maximum Gasteiger partial charge on any atom is 0.101 e. The zero-order valence-corrected chi connectivity index (χ0v) is 7.34.